The Hall–Kier alpha value is -3.42. The molecule has 3 aromatic carbocycles. The second kappa shape index (κ2) is 11.5. The van der Waals surface area contributed by atoms with Gasteiger partial charge >= 0.3 is 0 Å². The number of halogens is 1. The molecule has 1 radical (unpaired) electrons. The van der Waals surface area contributed by atoms with Gasteiger partial charge in [-0.25, -0.2) is 4.39 Å². The molecule has 1 aliphatic heterocycles. The van der Waals surface area contributed by atoms with Gasteiger partial charge in [0.05, 0.1) is 13.3 Å². The number of ether oxygens (including phenoxy) is 1. The van der Waals surface area contributed by atoms with Crippen molar-refractivity contribution < 1.29 is 31.0 Å². The van der Waals surface area contributed by atoms with E-state index in [0.29, 0.717) is 17.5 Å². The Bertz CT molecular complexity index is 1310. The number of aliphatic hydroxyl groups excluding tert-OH is 1. The predicted molar refractivity (Wildman–Crippen MR) is 140 cm³/mol. The van der Waals surface area contributed by atoms with Gasteiger partial charge in [0.25, 0.3) is 0 Å². The number of methoxy groups -OCH3 is 1. The molecule has 3 aromatic rings. The average molecular weight is 531 g/mol. The Kier molecular flexibility index (Phi) is 8.71. The van der Waals surface area contributed by atoms with Crippen LogP contribution < -0.4 is 9.64 Å². The third-order valence-electron chi connectivity index (χ3n) is 6.52. The summed E-state index contributed by atoms with van der Waals surface area (Å²) < 4.78 is 19.5. The fourth-order valence-corrected chi connectivity index (χ4v) is 4.75. The summed E-state index contributed by atoms with van der Waals surface area (Å²) in [5.74, 6) is 0.437. The fraction of sp³-hybridized carbons (Fsp3) is 0.241. The number of aryl methyl sites for hydroxylation is 1. The molecule has 4 rings (SSSR count). The predicted octanol–water partition coefficient (Wildman–Crippen LogP) is 6.36. The summed E-state index contributed by atoms with van der Waals surface area (Å²) in [6.45, 7) is 6.83. The first-order chi connectivity index (χ1) is 16.9. The van der Waals surface area contributed by atoms with Crippen LogP contribution in [0, 0.1) is 12.7 Å². The summed E-state index contributed by atoms with van der Waals surface area (Å²) in [5.41, 5.74) is 5.14. The number of rotatable bonds is 7. The maximum absolute atomic E-state index is 13.9. The van der Waals surface area contributed by atoms with Gasteiger partial charge in [-0.05, 0) is 86.4 Å². The van der Waals surface area contributed by atoms with Gasteiger partial charge in [-0.2, -0.15) is 5.10 Å². The van der Waals surface area contributed by atoms with Crippen LogP contribution >= 0.6 is 0 Å². The van der Waals surface area contributed by atoms with Crippen molar-refractivity contribution in [3.05, 3.63) is 107 Å². The third-order valence-corrected chi connectivity index (χ3v) is 6.52. The molecule has 0 amide bonds. The molecule has 0 aromatic heterocycles. The summed E-state index contributed by atoms with van der Waals surface area (Å²) in [6.07, 6.45) is 4.21. The molecule has 189 valence electrons. The number of aliphatic hydroxyl groups is 1. The molecule has 1 atom stereocenters. The number of hydrogen-bond acceptors (Lipinski definition) is 4. The molecule has 0 saturated carbocycles. The third kappa shape index (κ3) is 5.37. The van der Waals surface area contributed by atoms with Crippen LogP contribution in [-0.2, 0) is 28.6 Å². The topological polar surface area (TPSA) is 57.4 Å². The van der Waals surface area contributed by atoms with Crippen molar-refractivity contribution >= 4 is 17.8 Å². The van der Waals surface area contributed by atoms with E-state index in [-0.39, 0.29) is 28.5 Å². The molecule has 36 heavy (non-hydrogen) atoms. The zero-order valence-electron chi connectivity index (χ0n) is 20.8. The van der Waals surface area contributed by atoms with E-state index in [2.05, 4.69) is 41.1 Å². The van der Waals surface area contributed by atoms with E-state index < -0.39 is 5.41 Å². The summed E-state index contributed by atoms with van der Waals surface area (Å²) in [7, 11) is 1.66. The summed E-state index contributed by atoms with van der Waals surface area (Å²) in [5, 5.41) is 18.3. The van der Waals surface area contributed by atoms with Gasteiger partial charge in [0.1, 0.15) is 11.6 Å². The van der Waals surface area contributed by atoms with E-state index in [1.807, 2.05) is 42.5 Å². The van der Waals surface area contributed by atoms with E-state index in [9.17, 15) is 9.50 Å². The van der Waals surface area contributed by atoms with E-state index in [0.717, 1.165) is 34.8 Å². The smallest absolute Gasteiger partial charge is 0.238 e. The molecular formula is C29H30CoFN3O2. The van der Waals surface area contributed by atoms with E-state index in [1.165, 1.54) is 6.07 Å². The van der Waals surface area contributed by atoms with Crippen LogP contribution in [0.3, 0.4) is 0 Å². The maximum atomic E-state index is 13.9. The molecule has 1 heterocycles. The SMILES string of the molecule is CCN1\C(=C/C=N/N=C(\O)c2ccccc2)C(C)(Cc2ccc(F)c(C)c2)c2cc(OC)ccc21.[Co]. The number of hydrogen-bond donors (Lipinski definition) is 1. The molecule has 0 aliphatic carbocycles. The Labute approximate surface area is 222 Å². The van der Waals surface area contributed by atoms with Crippen molar-refractivity contribution in [3.63, 3.8) is 0 Å². The monoisotopic (exact) mass is 530 g/mol. The number of anilines is 1. The van der Waals surface area contributed by atoms with Crippen molar-refractivity contribution in [2.45, 2.75) is 32.6 Å². The van der Waals surface area contributed by atoms with Crippen molar-refractivity contribution in [2.75, 3.05) is 18.6 Å². The second-order valence-corrected chi connectivity index (χ2v) is 8.83. The Morgan fingerprint density at radius 2 is 1.86 bits per heavy atom. The van der Waals surface area contributed by atoms with Gasteiger partial charge in [0, 0.05) is 45.7 Å². The van der Waals surface area contributed by atoms with Crippen LogP contribution in [-0.4, -0.2) is 30.9 Å². The minimum absolute atomic E-state index is 0. The van der Waals surface area contributed by atoms with Crippen LogP contribution in [0.5, 0.6) is 5.75 Å². The number of benzene rings is 3. The number of nitrogens with zero attached hydrogens (tertiary/aromatic N) is 3. The molecule has 7 heteroatoms. The zero-order chi connectivity index (χ0) is 25.0. The molecule has 0 bridgehead atoms. The van der Waals surface area contributed by atoms with Gasteiger partial charge in [0.2, 0.25) is 5.90 Å². The van der Waals surface area contributed by atoms with Crippen LogP contribution in [0.1, 0.15) is 36.1 Å². The first-order valence-electron chi connectivity index (χ1n) is 11.6. The molecule has 1 aliphatic rings. The summed E-state index contributed by atoms with van der Waals surface area (Å²) in [4.78, 5) is 2.25. The van der Waals surface area contributed by atoms with Crippen molar-refractivity contribution in [2.24, 2.45) is 10.2 Å². The van der Waals surface area contributed by atoms with Gasteiger partial charge in [0.15, 0.2) is 0 Å². The number of allylic oxidation sites excluding steroid dienone is 2. The van der Waals surface area contributed by atoms with E-state index >= 15 is 0 Å². The summed E-state index contributed by atoms with van der Waals surface area (Å²) in [6, 6.07) is 20.5. The fourth-order valence-electron chi connectivity index (χ4n) is 4.75. The molecule has 0 saturated heterocycles. The van der Waals surface area contributed by atoms with Crippen molar-refractivity contribution in [1.82, 2.24) is 0 Å². The zero-order valence-corrected chi connectivity index (χ0v) is 21.9. The second-order valence-electron chi connectivity index (χ2n) is 8.83. The standard InChI is InChI=1S/C29H30FN3O2.Co/c1-5-33-26-14-12-23(35-4)18-24(26)29(3,19-21-11-13-25(30)20(2)17-21)27(33)15-16-31-32-28(34)22-9-7-6-8-10-22;/h6-18H,5,19H2,1-4H3,(H,32,34);/b27-15-,31-16+;. The largest absolute Gasteiger partial charge is 0.497 e. The Balaban J connectivity index is 0.00000361. The Morgan fingerprint density at radius 3 is 2.53 bits per heavy atom. The van der Waals surface area contributed by atoms with Crippen LogP contribution in [0.4, 0.5) is 10.1 Å². The molecule has 0 fully saturated rings. The maximum Gasteiger partial charge on any atom is 0.238 e. The van der Waals surface area contributed by atoms with E-state index in [4.69, 9.17) is 4.74 Å². The number of fused-ring (bicyclic) bond motifs is 1. The van der Waals surface area contributed by atoms with Crippen molar-refractivity contribution in [1.29, 1.82) is 0 Å². The first kappa shape index (κ1) is 27.2. The van der Waals surface area contributed by atoms with Crippen LogP contribution in [0.15, 0.2) is 88.7 Å². The Morgan fingerprint density at radius 1 is 1.11 bits per heavy atom. The molecule has 1 N–H and O–H groups in total. The average Bonchev–Trinajstić information content (AvgIpc) is 3.10. The van der Waals surface area contributed by atoms with Gasteiger partial charge in [-0.1, -0.05) is 30.3 Å². The van der Waals surface area contributed by atoms with Crippen LogP contribution in [0.2, 0.25) is 0 Å². The van der Waals surface area contributed by atoms with E-state index in [1.54, 1.807) is 32.4 Å². The molecule has 0 spiro atoms. The first-order valence-corrected chi connectivity index (χ1v) is 11.6. The molecule has 1 unspecified atom stereocenters. The van der Waals surface area contributed by atoms with Crippen LogP contribution in [0.25, 0.3) is 0 Å². The van der Waals surface area contributed by atoms with Gasteiger partial charge in [-0.3, -0.25) is 0 Å². The minimum atomic E-state index is -0.415. The quantitative estimate of drug-likeness (QED) is 0.220. The number of likely N-dealkylation sites (N-methyl/N-ethyl adjacent to an activating group) is 1. The molecule has 5 nitrogen and oxygen atoms in total. The minimum Gasteiger partial charge on any atom is -0.497 e. The normalized spacial score (nSPS) is 18.4. The summed E-state index contributed by atoms with van der Waals surface area (Å²) >= 11 is 0. The van der Waals surface area contributed by atoms with Crippen molar-refractivity contribution in [3.8, 4) is 5.75 Å². The van der Waals surface area contributed by atoms with Gasteiger partial charge in [-0.15, -0.1) is 5.10 Å². The molecular weight excluding hydrogens is 500 g/mol. The van der Waals surface area contributed by atoms with Gasteiger partial charge < -0.3 is 14.7 Å².